The van der Waals surface area contributed by atoms with Crippen LogP contribution < -0.4 is 0 Å². The maximum Gasteiger partial charge on any atom is 0.257 e. The van der Waals surface area contributed by atoms with Crippen LogP contribution in [0.5, 0.6) is 0 Å². The van der Waals surface area contributed by atoms with E-state index in [2.05, 4.69) is 0 Å². The Balaban J connectivity index is 2.00. The summed E-state index contributed by atoms with van der Waals surface area (Å²) in [6.07, 6.45) is 1.43. The Morgan fingerprint density at radius 3 is 2.14 bits per heavy atom. The zero-order chi connectivity index (χ0) is 15.2. The van der Waals surface area contributed by atoms with E-state index < -0.39 is 5.72 Å². The second-order valence-electron chi connectivity index (χ2n) is 5.86. The highest BCUT2D eigenvalue weighted by Crippen LogP contribution is 2.49. The van der Waals surface area contributed by atoms with Crippen molar-refractivity contribution in [3.8, 4) is 0 Å². The standard InChI is InChI=1S/C19H17NO2/c21-18-16(14-8-3-1-4-9-14)17(15-10-5-2-6-11-15)19(22)12-7-13-20(18)19/h1-6,8-11,22H,7,12-13H2. The first kappa shape index (κ1) is 13.3. The van der Waals surface area contributed by atoms with E-state index in [9.17, 15) is 9.90 Å². The lowest BCUT2D eigenvalue weighted by Crippen LogP contribution is -2.42. The fraction of sp³-hybridized carbons (Fsp3) is 0.211. The van der Waals surface area contributed by atoms with E-state index in [1.165, 1.54) is 0 Å². The lowest BCUT2D eigenvalue weighted by molar-refractivity contribution is -0.134. The molecule has 0 saturated carbocycles. The molecule has 0 aliphatic carbocycles. The average Bonchev–Trinajstić information content (AvgIpc) is 3.04. The molecular formula is C19H17NO2. The topological polar surface area (TPSA) is 40.5 Å². The van der Waals surface area contributed by atoms with Gasteiger partial charge in [0.15, 0.2) is 5.72 Å². The summed E-state index contributed by atoms with van der Waals surface area (Å²) in [6, 6.07) is 19.4. The van der Waals surface area contributed by atoms with Crippen molar-refractivity contribution in [2.24, 2.45) is 0 Å². The van der Waals surface area contributed by atoms with Gasteiger partial charge < -0.3 is 10.0 Å². The molecule has 4 rings (SSSR count). The van der Waals surface area contributed by atoms with Crippen molar-refractivity contribution in [1.82, 2.24) is 4.90 Å². The second-order valence-corrected chi connectivity index (χ2v) is 5.86. The van der Waals surface area contributed by atoms with Crippen LogP contribution in [0.4, 0.5) is 0 Å². The smallest absolute Gasteiger partial charge is 0.257 e. The van der Waals surface area contributed by atoms with Gasteiger partial charge >= 0.3 is 0 Å². The highest BCUT2D eigenvalue weighted by Gasteiger charge is 2.53. The molecule has 2 aliphatic rings. The van der Waals surface area contributed by atoms with Crippen LogP contribution in [0.25, 0.3) is 11.1 Å². The zero-order valence-electron chi connectivity index (χ0n) is 12.2. The highest BCUT2D eigenvalue weighted by molar-refractivity contribution is 6.31. The summed E-state index contributed by atoms with van der Waals surface area (Å²) in [7, 11) is 0. The molecule has 1 N–H and O–H groups in total. The molecule has 22 heavy (non-hydrogen) atoms. The van der Waals surface area contributed by atoms with Gasteiger partial charge in [-0.1, -0.05) is 60.7 Å². The predicted molar refractivity (Wildman–Crippen MR) is 85.6 cm³/mol. The van der Waals surface area contributed by atoms with Crippen LogP contribution in [0.3, 0.4) is 0 Å². The van der Waals surface area contributed by atoms with Gasteiger partial charge in [0.1, 0.15) is 0 Å². The highest BCUT2D eigenvalue weighted by atomic mass is 16.3. The van der Waals surface area contributed by atoms with E-state index in [0.29, 0.717) is 18.5 Å². The first-order valence-electron chi connectivity index (χ1n) is 7.62. The zero-order valence-corrected chi connectivity index (χ0v) is 12.2. The minimum Gasteiger partial charge on any atom is -0.367 e. The van der Waals surface area contributed by atoms with Gasteiger partial charge in [-0.2, -0.15) is 0 Å². The molecule has 1 atom stereocenters. The Bertz CT molecular complexity index is 752. The number of nitrogens with zero attached hydrogens (tertiary/aromatic N) is 1. The third kappa shape index (κ3) is 1.76. The van der Waals surface area contributed by atoms with Crippen LogP contribution in [-0.2, 0) is 4.79 Å². The van der Waals surface area contributed by atoms with Crippen molar-refractivity contribution in [3.05, 3.63) is 71.8 Å². The molecule has 2 aliphatic heterocycles. The summed E-state index contributed by atoms with van der Waals surface area (Å²) in [5.74, 6) is -0.0648. The van der Waals surface area contributed by atoms with E-state index in [1.54, 1.807) is 4.90 Å². The van der Waals surface area contributed by atoms with Crippen LogP contribution in [0.1, 0.15) is 24.0 Å². The van der Waals surface area contributed by atoms with Gasteiger partial charge in [0.05, 0.1) is 5.57 Å². The number of benzene rings is 2. The molecule has 0 bridgehead atoms. The number of rotatable bonds is 2. The summed E-state index contributed by atoms with van der Waals surface area (Å²) in [6.45, 7) is 0.613. The maximum absolute atomic E-state index is 12.9. The van der Waals surface area contributed by atoms with Crippen LogP contribution in [-0.4, -0.2) is 28.2 Å². The van der Waals surface area contributed by atoms with Gasteiger partial charge in [0, 0.05) is 18.5 Å². The monoisotopic (exact) mass is 291 g/mol. The van der Waals surface area contributed by atoms with Crippen molar-refractivity contribution in [2.75, 3.05) is 6.54 Å². The predicted octanol–water partition coefficient (Wildman–Crippen LogP) is 2.92. The third-order valence-corrected chi connectivity index (χ3v) is 4.59. The molecule has 2 aromatic carbocycles. The Morgan fingerprint density at radius 2 is 1.50 bits per heavy atom. The number of aliphatic hydroxyl groups is 1. The summed E-state index contributed by atoms with van der Waals surface area (Å²) >= 11 is 0. The maximum atomic E-state index is 12.9. The molecule has 1 amide bonds. The van der Waals surface area contributed by atoms with Crippen LogP contribution >= 0.6 is 0 Å². The molecule has 110 valence electrons. The van der Waals surface area contributed by atoms with Crippen LogP contribution in [0.2, 0.25) is 0 Å². The number of fused-ring (bicyclic) bond motifs is 1. The van der Waals surface area contributed by atoms with Gasteiger partial charge in [-0.25, -0.2) is 0 Å². The number of carbonyl (C=O) groups excluding carboxylic acids is 1. The normalized spacial score (nSPS) is 24.0. The minimum atomic E-state index is -1.16. The lowest BCUT2D eigenvalue weighted by atomic mass is 9.89. The van der Waals surface area contributed by atoms with Crippen molar-refractivity contribution < 1.29 is 9.90 Å². The molecule has 2 heterocycles. The fourth-order valence-electron chi connectivity index (χ4n) is 3.63. The molecule has 1 saturated heterocycles. The van der Waals surface area contributed by atoms with E-state index in [0.717, 1.165) is 23.1 Å². The first-order valence-corrected chi connectivity index (χ1v) is 7.62. The van der Waals surface area contributed by atoms with E-state index in [-0.39, 0.29) is 5.91 Å². The second kappa shape index (κ2) is 4.82. The average molecular weight is 291 g/mol. The summed E-state index contributed by atoms with van der Waals surface area (Å²) in [4.78, 5) is 14.5. The molecule has 0 spiro atoms. The number of amides is 1. The molecule has 0 radical (unpaired) electrons. The fourth-order valence-corrected chi connectivity index (χ4v) is 3.63. The molecule has 1 unspecified atom stereocenters. The van der Waals surface area contributed by atoms with Gasteiger partial charge in [0.25, 0.3) is 5.91 Å². The van der Waals surface area contributed by atoms with Crippen LogP contribution in [0, 0.1) is 0 Å². The minimum absolute atomic E-state index is 0.0648. The summed E-state index contributed by atoms with van der Waals surface area (Å²) < 4.78 is 0. The number of carbonyl (C=O) groups is 1. The van der Waals surface area contributed by atoms with Crippen molar-refractivity contribution in [1.29, 1.82) is 0 Å². The number of hydrogen-bond donors (Lipinski definition) is 1. The van der Waals surface area contributed by atoms with Crippen molar-refractivity contribution in [2.45, 2.75) is 18.6 Å². The Labute approximate surface area is 129 Å². The SMILES string of the molecule is O=C1C(c2ccccc2)=C(c2ccccc2)C2(O)CCCN12. The third-order valence-electron chi connectivity index (χ3n) is 4.59. The van der Waals surface area contributed by atoms with E-state index in [4.69, 9.17) is 0 Å². The molecular weight excluding hydrogens is 274 g/mol. The Hall–Kier alpha value is -2.39. The van der Waals surface area contributed by atoms with Crippen LogP contribution in [0.15, 0.2) is 60.7 Å². The summed E-state index contributed by atoms with van der Waals surface area (Å²) in [5, 5.41) is 11.2. The van der Waals surface area contributed by atoms with E-state index in [1.807, 2.05) is 60.7 Å². The molecule has 1 fully saturated rings. The Morgan fingerprint density at radius 1 is 0.909 bits per heavy atom. The van der Waals surface area contributed by atoms with Gasteiger partial charge in [-0.3, -0.25) is 4.79 Å². The first-order chi connectivity index (χ1) is 10.7. The van der Waals surface area contributed by atoms with Crippen molar-refractivity contribution >= 4 is 17.1 Å². The lowest BCUT2D eigenvalue weighted by Gasteiger charge is -2.29. The Kier molecular flexibility index (Phi) is 2.91. The van der Waals surface area contributed by atoms with Crippen molar-refractivity contribution in [3.63, 3.8) is 0 Å². The number of hydrogen-bond acceptors (Lipinski definition) is 2. The quantitative estimate of drug-likeness (QED) is 0.924. The van der Waals surface area contributed by atoms with E-state index >= 15 is 0 Å². The summed E-state index contributed by atoms with van der Waals surface area (Å²) in [5.41, 5.74) is 2.01. The molecule has 0 aromatic heterocycles. The van der Waals surface area contributed by atoms with Gasteiger partial charge in [0.2, 0.25) is 0 Å². The van der Waals surface area contributed by atoms with Gasteiger partial charge in [-0.05, 0) is 17.5 Å². The molecule has 3 heteroatoms. The largest absolute Gasteiger partial charge is 0.367 e. The molecule has 3 nitrogen and oxygen atoms in total. The van der Waals surface area contributed by atoms with Gasteiger partial charge in [-0.15, -0.1) is 0 Å². The molecule has 2 aromatic rings.